The zero-order valence-electron chi connectivity index (χ0n) is 12.3. The topological polar surface area (TPSA) is 44.3 Å². The Kier molecular flexibility index (Phi) is 5.10. The normalized spacial score (nSPS) is 20.1. The Balaban J connectivity index is 1.82. The minimum atomic E-state index is 0.694. The fourth-order valence-electron chi connectivity index (χ4n) is 2.62. The van der Waals surface area contributed by atoms with Crippen molar-refractivity contribution in [3.63, 3.8) is 0 Å². The van der Waals surface area contributed by atoms with Gasteiger partial charge in [-0.15, -0.1) is 0 Å². The summed E-state index contributed by atoms with van der Waals surface area (Å²) in [6.45, 7) is 6.13. The van der Waals surface area contributed by atoms with Crippen molar-refractivity contribution < 1.29 is 0 Å². The van der Waals surface area contributed by atoms with Gasteiger partial charge in [0.25, 0.3) is 0 Å². The molecule has 5 nitrogen and oxygen atoms in total. The highest BCUT2D eigenvalue weighted by molar-refractivity contribution is 5.30. The lowest BCUT2D eigenvalue weighted by Gasteiger charge is -2.25. The van der Waals surface area contributed by atoms with Gasteiger partial charge in [0.05, 0.1) is 18.1 Å². The van der Waals surface area contributed by atoms with Crippen LogP contribution in [-0.4, -0.2) is 59.5 Å². The highest BCUT2D eigenvalue weighted by Crippen LogP contribution is 2.16. The maximum absolute atomic E-state index is 4.45. The van der Waals surface area contributed by atoms with Crippen molar-refractivity contribution in [1.82, 2.24) is 19.8 Å². The molecule has 0 amide bonds. The number of rotatable bonds is 6. The van der Waals surface area contributed by atoms with Gasteiger partial charge in [-0.3, -0.25) is 9.88 Å². The van der Waals surface area contributed by atoms with E-state index in [1.54, 1.807) is 0 Å². The highest BCUT2D eigenvalue weighted by Gasteiger charge is 2.22. The van der Waals surface area contributed by atoms with Crippen molar-refractivity contribution in [3.05, 3.63) is 18.1 Å². The van der Waals surface area contributed by atoms with Crippen molar-refractivity contribution in [3.8, 4) is 0 Å². The number of hydrogen-bond donors (Lipinski definition) is 1. The predicted octanol–water partition coefficient (Wildman–Crippen LogP) is 1.43. The lowest BCUT2D eigenvalue weighted by molar-refractivity contribution is 0.214. The number of nitrogens with zero attached hydrogens (tertiary/aromatic N) is 4. The Morgan fingerprint density at radius 2 is 2.26 bits per heavy atom. The van der Waals surface area contributed by atoms with Crippen LogP contribution in [0, 0.1) is 0 Å². The molecule has 1 atom stereocenters. The van der Waals surface area contributed by atoms with E-state index in [0.29, 0.717) is 6.04 Å². The Morgan fingerprint density at radius 3 is 2.84 bits per heavy atom. The van der Waals surface area contributed by atoms with Crippen LogP contribution in [0.4, 0.5) is 5.82 Å². The maximum atomic E-state index is 4.45. The van der Waals surface area contributed by atoms with Gasteiger partial charge in [-0.1, -0.05) is 0 Å². The summed E-state index contributed by atoms with van der Waals surface area (Å²) in [7, 11) is 4.38. The van der Waals surface area contributed by atoms with E-state index in [1.807, 2.05) is 12.4 Å². The Hall–Kier alpha value is -1.20. The standard InChI is InChI=1S/C14H25N5/c1-4-15-14-9-16-12(8-17-14)10-18(2)11-13-6-5-7-19(13)3/h8-9,13H,4-7,10-11H2,1-3H3,(H,15,17). The van der Waals surface area contributed by atoms with Crippen LogP contribution in [0.3, 0.4) is 0 Å². The zero-order valence-corrected chi connectivity index (χ0v) is 12.3. The molecule has 1 aromatic heterocycles. The third-order valence-corrected chi connectivity index (χ3v) is 3.69. The summed E-state index contributed by atoms with van der Waals surface area (Å²) in [5.41, 5.74) is 1.03. The number of aromatic nitrogens is 2. The SMILES string of the molecule is CCNc1cnc(CN(C)CC2CCCN2C)cn1. The molecule has 19 heavy (non-hydrogen) atoms. The van der Waals surface area contributed by atoms with Crippen LogP contribution in [0.1, 0.15) is 25.5 Å². The second kappa shape index (κ2) is 6.82. The van der Waals surface area contributed by atoms with E-state index in [9.17, 15) is 0 Å². The molecule has 0 aromatic carbocycles. The zero-order chi connectivity index (χ0) is 13.7. The molecule has 1 saturated heterocycles. The lowest BCUT2D eigenvalue weighted by atomic mass is 10.2. The van der Waals surface area contributed by atoms with Gasteiger partial charge in [-0.05, 0) is 40.4 Å². The molecule has 2 rings (SSSR count). The van der Waals surface area contributed by atoms with E-state index in [2.05, 4.69) is 46.1 Å². The van der Waals surface area contributed by atoms with Crippen LogP contribution >= 0.6 is 0 Å². The molecule has 0 bridgehead atoms. The number of nitrogens with one attached hydrogen (secondary N) is 1. The molecule has 2 heterocycles. The smallest absolute Gasteiger partial charge is 0.144 e. The molecular weight excluding hydrogens is 238 g/mol. The van der Waals surface area contributed by atoms with Gasteiger partial charge < -0.3 is 10.2 Å². The first-order valence-corrected chi connectivity index (χ1v) is 7.12. The largest absolute Gasteiger partial charge is 0.369 e. The second-order valence-electron chi connectivity index (χ2n) is 5.40. The molecule has 1 aliphatic heterocycles. The molecule has 106 valence electrons. The van der Waals surface area contributed by atoms with Crippen LogP contribution in [0.2, 0.25) is 0 Å². The fraction of sp³-hybridized carbons (Fsp3) is 0.714. The highest BCUT2D eigenvalue weighted by atomic mass is 15.2. The molecule has 0 saturated carbocycles. The van der Waals surface area contributed by atoms with Crippen molar-refractivity contribution in [1.29, 1.82) is 0 Å². The van der Waals surface area contributed by atoms with Crippen LogP contribution in [0.5, 0.6) is 0 Å². The summed E-state index contributed by atoms with van der Waals surface area (Å²) in [6, 6.07) is 0.694. The Morgan fingerprint density at radius 1 is 1.42 bits per heavy atom. The minimum Gasteiger partial charge on any atom is -0.369 e. The predicted molar refractivity (Wildman–Crippen MR) is 78.2 cm³/mol. The van der Waals surface area contributed by atoms with Gasteiger partial charge in [0.2, 0.25) is 0 Å². The number of anilines is 1. The molecule has 0 spiro atoms. The van der Waals surface area contributed by atoms with Gasteiger partial charge in [0, 0.05) is 25.7 Å². The first-order chi connectivity index (χ1) is 9.19. The van der Waals surface area contributed by atoms with Crippen molar-refractivity contribution in [2.24, 2.45) is 0 Å². The summed E-state index contributed by atoms with van der Waals surface area (Å²) in [5, 5.41) is 3.16. The van der Waals surface area contributed by atoms with Crippen LogP contribution in [-0.2, 0) is 6.54 Å². The molecule has 1 aromatic rings. The molecule has 1 unspecified atom stereocenters. The molecule has 1 N–H and O–H groups in total. The van der Waals surface area contributed by atoms with E-state index in [1.165, 1.54) is 19.4 Å². The van der Waals surface area contributed by atoms with E-state index in [-0.39, 0.29) is 0 Å². The van der Waals surface area contributed by atoms with Gasteiger partial charge in [0.1, 0.15) is 5.82 Å². The van der Waals surface area contributed by atoms with E-state index >= 15 is 0 Å². The summed E-state index contributed by atoms with van der Waals surface area (Å²) < 4.78 is 0. The van der Waals surface area contributed by atoms with E-state index in [4.69, 9.17) is 0 Å². The average Bonchev–Trinajstić information content (AvgIpc) is 2.78. The lowest BCUT2D eigenvalue weighted by Crippen LogP contribution is -2.36. The molecule has 1 aliphatic rings. The van der Waals surface area contributed by atoms with Crippen molar-refractivity contribution in [2.75, 3.05) is 39.0 Å². The molecule has 1 fully saturated rings. The number of likely N-dealkylation sites (N-methyl/N-ethyl adjacent to an activating group) is 2. The summed E-state index contributed by atoms with van der Waals surface area (Å²) >= 11 is 0. The molecular formula is C14H25N5. The Bertz CT molecular complexity index is 378. The second-order valence-corrected chi connectivity index (χ2v) is 5.40. The molecule has 0 aliphatic carbocycles. The monoisotopic (exact) mass is 263 g/mol. The first kappa shape index (κ1) is 14.2. The Labute approximate surface area is 116 Å². The number of likely N-dealkylation sites (tertiary alicyclic amines) is 1. The number of hydrogen-bond acceptors (Lipinski definition) is 5. The third kappa shape index (κ3) is 4.14. The van der Waals surface area contributed by atoms with Gasteiger partial charge in [-0.2, -0.15) is 0 Å². The van der Waals surface area contributed by atoms with Crippen LogP contribution in [0.15, 0.2) is 12.4 Å². The minimum absolute atomic E-state index is 0.694. The van der Waals surface area contributed by atoms with Crippen molar-refractivity contribution in [2.45, 2.75) is 32.4 Å². The average molecular weight is 263 g/mol. The van der Waals surface area contributed by atoms with E-state index in [0.717, 1.165) is 31.1 Å². The summed E-state index contributed by atoms with van der Waals surface area (Å²) in [4.78, 5) is 13.6. The fourth-order valence-corrected chi connectivity index (χ4v) is 2.62. The van der Waals surface area contributed by atoms with Crippen LogP contribution < -0.4 is 5.32 Å². The third-order valence-electron chi connectivity index (χ3n) is 3.69. The quantitative estimate of drug-likeness (QED) is 0.841. The van der Waals surface area contributed by atoms with Crippen molar-refractivity contribution >= 4 is 5.82 Å². The van der Waals surface area contributed by atoms with Gasteiger partial charge in [0.15, 0.2) is 0 Å². The molecule has 0 radical (unpaired) electrons. The molecule has 5 heteroatoms. The maximum Gasteiger partial charge on any atom is 0.144 e. The van der Waals surface area contributed by atoms with Crippen LogP contribution in [0.25, 0.3) is 0 Å². The van der Waals surface area contributed by atoms with Gasteiger partial charge >= 0.3 is 0 Å². The summed E-state index contributed by atoms with van der Waals surface area (Å²) in [6.07, 6.45) is 6.32. The summed E-state index contributed by atoms with van der Waals surface area (Å²) in [5.74, 6) is 0.851. The first-order valence-electron chi connectivity index (χ1n) is 7.12. The van der Waals surface area contributed by atoms with E-state index < -0.39 is 0 Å². The van der Waals surface area contributed by atoms with Gasteiger partial charge in [-0.25, -0.2) is 4.98 Å².